The number of phenols is 1. The number of aromatic hydroxyl groups is 1. The van der Waals surface area contributed by atoms with Gasteiger partial charge in [-0.25, -0.2) is 4.39 Å². The zero-order chi connectivity index (χ0) is 10.6. The van der Waals surface area contributed by atoms with Crippen molar-refractivity contribution in [1.29, 1.82) is 5.26 Å². The molecule has 1 aromatic rings. The molecule has 1 rings (SSSR count). The van der Waals surface area contributed by atoms with Gasteiger partial charge in [-0.2, -0.15) is 10.7 Å². The van der Waals surface area contributed by atoms with Crippen LogP contribution in [0.3, 0.4) is 0 Å². The third-order valence-corrected chi connectivity index (χ3v) is 1.66. The lowest BCUT2D eigenvalue weighted by molar-refractivity contribution is 0.0866. The third kappa shape index (κ3) is 2.19. The van der Waals surface area contributed by atoms with Gasteiger partial charge in [0.25, 0.3) is 0 Å². The minimum absolute atomic E-state index is 0.0853. The van der Waals surface area contributed by atoms with Crippen LogP contribution in [0.25, 0.3) is 0 Å². The lowest BCUT2D eigenvalue weighted by Gasteiger charge is -2.04. The average molecular weight is 196 g/mol. The molecule has 0 amide bonds. The predicted octanol–water partition coefficient (Wildman–Crippen LogP) is 1.05. The fraction of sp³-hybridized carbons (Fsp3) is 0.222. The van der Waals surface area contributed by atoms with Crippen LogP contribution in [0.15, 0.2) is 12.1 Å². The Morgan fingerprint density at radius 2 is 2.36 bits per heavy atom. The highest BCUT2D eigenvalue weighted by Gasteiger charge is 2.08. The first kappa shape index (κ1) is 10.4. The van der Waals surface area contributed by atoms with Crippen LogP contribution < -0.4 is 5.48 Å². The Morgan fingerprint density at radius 1 is 1.64 bits per heavy atom. The van der Waals surface area contributed by atoms with Crippen molar-refractivity contribution in [2.75, 3.05) is 7.11 Å². The number of hydroxylamine groups is 1. The van der Waals surface area contributed by atoms with Gasteiger partial charge in [-0.3, -0.25) is 0 Å². The maximum absolute atomic E-state index is 13.0. The Balaban J connectivity index is 2.99. The van der Waals surface area contributed by atoms with Crippen molar-refractivity contribution in [3.8, 4) is 11.8 Å². The van der Waals surface area contributed by atoms with E-state index in [0.717, 1.165) is 6.07 Å². The molecule has 2 N–H and O–H groups in total. The standard InChI is InChI=1S/C9H9FN2O2/c1-14-12-5-6-2-7(4-11)9(13)8(10)3-6/h2-3,12-13H,5H2,1H3. The molecule has 0 atom stereocenters. The summed E-state index contributed by atoms with van der Waals surface area (Å²) < 4.78 is 13.0. The molecule has 5 heteroatoms. The average Bonchev–Trinajstić information content (AvgIpc) is 2.19. The van der Waals surface area contributed by atoms with Crippen molar-refractivity contribution in [3.63, 3.8) is 0 Å². The van der Waals surface area contributed by atoms with Gasteiger partial charge in [-0.05, 0) is 17.7 Å². The van der Waals surface area contributed by atoms with Crippen LogP contribution in [0.1, 0.15) is 11.1 Å². The second-order valence-electron chi connectivity index (χ2n) is 2.61. The van der Waals surface area contributed by atoms with Crippen LogP contribution in [-0.4, -0.2) is 12.2 Å². The Labute approximate surface area is 80.5 Å². The highest BCUT2D eigenvalue weighted by Crippen LogP contribution is 2.22. The first-order chi connectivity index (χ1) is 6.69. The molecule has 0 saturated heterocycles. The van der Waals surface area contributed by atoms with Gasteiger partial charge in [-0.1, -0.05) is 0 Å². The molecular weight excluding hydrogens is 187 g/mol. The maximum atomic E-state index is 13.0. The van der Waals surface area contributed by atoms with Gasteiger partial charge < -0.3 is 9.94 Å². The molecule has 0 bridgehead atoms. The highest BCUT2D eigenvalue weighted by molar-refractivity contribution is 5.45. The van der Waals surface area contributed by atoms with E-state index in [1.54, 1.807) is 6.07 Å². The molecule has 14 heavy (non-hydrogen) atoms. The fourth-order valence-corrected chi connectivity index (χ4v) is 0.998. The summed E-state index contributed by atoms with van der Waals surface area (Å²) in [5, 5.41) is 17.7. The topological polar surface area (TPSA) is 65.3 Å². The molecule has 0 aliphatic rings. The first-order valence-corrected chi connectivity index (χ1v) is 3.86. The maximum Gasteiger partial charge on any atom is 0.169 e. The van der Waals surface area contributed by atoms with Crippen LogP contribution in [0.4, 0.5) is 4.39 Å². The molecule has 0 radical (unpaired) electrons. The molecule has 0 spiro atoms. The number of halogens is 1. The van der Waals surface area contributed by atoms with Crippen LogP contribution in [0.2, 0.25) is 0 Å². The number of nitriles is 1. The van der Waals surface area contributed by atoms with Crippen molar-refractivity contribution in [2.24, 2.45) is 0 Å². The summed E-state index contributed by atoms with van der Waals surface area (Å²) in [5.74, 6) is -1.43. The largest absolute Gasteiger partial charge is 0.504 e. The monoisotopic (exact) mass is 196 g/mol. The van der Waals surface area contributed by atoms with Crippen LogP contribution in [0.5, 0.6) is 5.75 Å². The van der Waals surface area contributed by atoms with E-state index in [1.165, 1.54) is 13.2 Å². The van der Waals surface area contributed by atoms with Crippen molar-refractivity contribution in [1.82, 2.24) is 5.48 Å². The van der Waals surface area contributed by atoms with E-state index in [-0.39, 0.29) is 12.1 Å². The van der Waals surface area contributed by atoms with E-state index >= 15 is 0 Å². The van der Waals surface area contributed by atoms with Crippen LogP contribution >= 0.6 is 0 Å². The zero-order valence-corrected chi connectivity index (χ0v) is 7.54. The van der Waals surface area contributed by atoms with Crippen molar-refractivity contribution in [3.05, 3.63) is 29.1 Å². The number of hydrogen-bond acceptors (Lipinski definition) is 4. The summed E-state index contributed by atoms with van der Waals surface area (Å²) in [4.78, 5) is 4.57. The quantitative estimate of drug-likeness (QED) is 0.709. The predicted molar refractivity (Wildman–Crippen MR) is 46.6 cm³/mol. The van der Waals surface area contributed by atoms with E-state index in [1.807, 2.05) is 0 Å². The minimum atomic E-state index is -0.808. The molecule has 0 fully saturated rings. The number of nitrogens with one attached hydrogen (secondary N) is 1. The number of nitrogens with zero attached hydrogens (tertiary/aromatic N) is 1. The number of phenolic OH excluding ortho intramolecular Hbond substituents is 1. The summed E-state index contributed by atoms with van der Waals surface area (Å²) in [6.07, 6.45) is 0. The Kier molecular flexibility index (Phi) is 3.40. The summed E-state index contributed by atoms with van der Waals surface area (Å²) in [6.45, 7) is 0.266. The number of hydrogen-bond donors (Lipinski definition) is 2. The normalized spacial score (nSPS) is 9.79. The first-order valence-electron chi connectivity index (χ1n) is 3.86. The lowest BCUT2D eigenvalue weighted by Crippen LogP contribution is -2.11. The Hall–Kier alpha value is -1.64. The lowest BCUT2D eigenvalue weighted by atomic mass is 10.1. The second kappa shape index (κ2) is 4.56. The molecule has 4 nitrogen and oxygen atoms in total. The fourth-order valence-electron chi connectivity index (χ4n) is 0.998. The second-order valence-corrected chi connectivity index (χ2v) is 2.61. The van der Waals surface area contributed by atoms with Gasteiger partial charge in [0.05, 0.1) is 12.7 Å². The van der Waals surface area contributed by atoms with E-state index in [0.29, 0.717) is 5.56 Å². The summed E-state index contributed by atoms with van der Waals surface area (Å²) in [6, 6.07) is 4.23. The van der Waals surface area contributed by atoms with Gasteiger partial charge in [0.15, 0.2) is 11.6 Å². The smallest absolute Gasteiger partial charge is 0.169 e. The van der Waals surface area contributed by atoms with E-state index < -0.39 is 11.6 Å². The van der Waals surface area contributed by atoms with E-state index in [9.17, 15) is 4.39 Å². The molecule has 0 aliphatic carbocycles. The third-order valence-electron chi connectivity index (χ3n) is 1.66. The SMILES string of the molecule is CONCc1cc(F)c(O)c(C#N)c1. The molecular formula is C9H9FN2O2. The van der Waals surface area contributed by atoms with Gasteiger partial charge in [0.2, 0.25) is 0 Å². The summed E-state index contributed by atoms with van der Waals surface area (Å²) in [7, 11) is 1.43. The molecule has 0 heterocycles. The van der Waals surface area contributed by atoms with Crippen LogP contribution in [-0.2, 0) is 11.4 Å². The van der Waals surface area contributed by atoms with Crippen LogP contribution in [0, 0.1) is 17.1 Å². The van der Waals surface area contributed by atoms with Gasteiger partial charge >= 0.3 is 0 Å². The van der Waals surface area contributed by atoms with E-state index in [4.69, 9.17) is 10.4 Å². The van der Waals surface area contributed by atoms with Gasteiger partial charge in [0.1, 0.15) is 6.07 Å². The molecule has 0 unspecified atom stereocenters. The molecule has 0 aliphatic heterocycles. The molecule has 0 aromatic heterocycles. The summed E-state index contributed by atoms with van der Waals surface area (Å²) in [5.41, 5.74) is 2.95. The Bertz CT molecular complexity index is 374. The Morgan fingerprint density at radius 3 is 2.93 bits per heavy atom. The highest BCUT2D eigenvalue weighted by atomic mass is 19.1. The number of rotatable bonds is 3. The van der Waals surface area contributed by atoms with Gasteiger partial charge in [0, 0.05) is 6.54 Å². The molecule has 0 saturated carbocycles. The molecule has 1 aromatic carbocycles. The number of benzene rings is 1. The van der Waals surface area contributed by atoms with Gasteiger partial charge in [-0.15, -0.1) is 0 Å². The summed E-state index contributed by atoms with van der Waals surface area (Å²) >= 11 is 0. The zero-order valence-electron chi connectivity index (χ0n) is 7.54. The minimum Gasteiger partial charge on any atom is -0.504 e. The van der Waals surface area contributed by atoms with Crippen molar-refractivity contribution >= 4 is 0 Å². The van der Waals surface area contributed by atoms with E-state index in [2.05, 4.69) is 10.3 Å². The van der Waals surface area contributed by atoms with Crippen molar-refractivity contribution in [2.45, 2.75) is 6.54 Å². The molecule has 74 valence electrons. The van der Waals surface area contributed by atoms with Crippen molar-refractivity contribution < 1.29 is 14.3 Å².